The molecule has 0 N–H and O–H groups in total. The van der Waals surface area contributed by atoms with Crippen molar-refractivity contribution in [2.45, 2.75) is 20.8 Å². The average molecular weight is 257 g/mol. The summed E-state index contributed by atoms with van der Waals surface area (Å²) in [5.74, 6) is 1.23. The molecule has 0 saturated carbocycles. The van der Waals surface area contributed by atoms with Crippen molar-refractivity contribution < 1.29 is 9.66 Å². The zero-order chi connectivity index (χ0) is 14.0. The van der Waals surface area contributed by atoms with E-state index in [9.17, 15) is 10.1 Å². The van der Waals surface area contributed by atoms with E-state index < -0.39 is 4.92 Å². The molecule has 4 nitrogen and oxygen atoms in total. The lowest BCUT2D eigenvalue weighted by molar-refractivity contribution is -0.384. The fraction of sp³-hybridized carbons (Fsp3) is 0.200. The monoisotopic (exact) mass is 257 g/mol. The van der Waals surface area contributed by atoms with Gasteiger partial charge in [0.05, 0.1) is 11.0 Å². The van der Waals surface area contributed by atoms with E-state index in [2.05, 4.69) is 0 Å². The van der Waals surface area contributed by atoms with Crippen molar-refractivity contribution in [3.8, 4) is 11.5 Å². The molecule has 0 radical (unpaired) electrons. The lowest BCUT2D eigenvalue weighted by Crippen LogP contribution is -1.93. The first-order chi connectivity index (χ1) is 8.97. The van der Waals surface area contributed by atoms with Gasteiger partial charge < -0.3 is 4.74 Å². The van der Waals surface area contributed by atoms with E-state index >= 15 is 0 Å². The summed E-state index contributed by atoms with van der Waals surface area (Å²) in [6.07, 6.45) is 0. The number of non-ortho nitro benzene ring substituents is 1. The lowest BCUT2D eigenvalue weighted by atomic mass is 10.1. The molecule has 0 aliphatic heterocycles. The summed E-state index contributed by atoms with van der Waals surface area (Å²) >= 11 is 0. The van der Waals surface area contributed by atoms with E-state index in [0.717, 1.165) is 16.9 Å². The number of rotatable bonds is 3. The van der Waals surface area contributed by atoms with E-state index in [0.29, 0.717) is 5.75 Å². The van der Waals surface area contributed by atoms with Crippen LogP contribution in [0.15, 0.2) is 36.4 Å². The van der Waals surface area contributed by atoms with Crippen molar-refractivity contribution in [1.82, 2.24) is 0 Å². The Morgan fingerprint density at radius 2 is 1.68 bits per heavy atom. The van der Waals surface area contributed by atoms with Gasteiger partial charge in [0, 0.05) is 6.07 Å². The molecule has 2 aromatic carbocycles. The zero-order valence-corrected chi connectivity index (χ0v) is 11.1. The summed E-state index contributed by atoms with van der Waals surface area (Å²) in [7, 11) is 0. The second-order valence-corrected chi connectivity index (χ2v) is 4.58. The first kappa shape index (κ1) is 13.1. The average Bonchev–Trinajstić information content (AvgIpc) is 2.34. The smallest absolute Gasteiger partial charge is 0.273 e. The molecule has 0 bridgehead atoms. The molecule has 0 spiro atoms. The summed E-state index contributed by atoms with van der Waals surface area (Å²) < 4.78 is 5.78. The van der Waals surface area contributed by atoms with Crippen LogP contribution in [0.5, 0.6) is 11.5 Å². The third kappa shape index (κ3) is 2.91. The number of nitro benzene ring substituents is 1. The molecule has 0 fully saturated rings. The van der Waals surface area contributed by atoms with Crippen molar-refractivity contribution >= 4 is 5.69 Å². The second-order valence-electron chi connectivity index (χ2n) is 4.58. The number of benzene rings is 2. The largest absolute Gasteiger partial charge is 0.457 e. The molecule has 0 atom stereocenters. The third-order valence-electron chi connectivity index (χ3n) is 2.85. The highest BCUT2D eigenvalue weighted by Crippen LogP contribution is 2.31. The Labute approximate surface area is 111 Å². The predicted octanol–water partition coefficient (Wildman–Crippen LogP) is 4.31. The van der Waals surface area contributed by atoms with Crippen molar-refractivity contribution in [3.63, 3.8) is 0 Å². The van der Waals surface area contributed by atoms with Crippen LogP contribution in [0.1, 0.15) is 16.7 Å². The maximum absolute atomic E-state index is 10.7. The van der Waals surface area contributed by atoms with Crippen LogP contribution in [0.4, 0.5) is 5.69 Å². The van der Waals surface area contributed by atoms with Crippen molar-refractivity contribution in [2.24, 2.45) is 0 Å². The van der Waals surface area contributed by atoms with Crippen molar-refractivity contribution in [3.05, 3.63) is 63.2 Å². The summed E-state index contributed by atoms with van der Waals surface area (Å²) in [6.45, 7) is 5.95. The molecule has 2 aromatic rings. The van der Waals surface area contributed by atoms with Crippen LogP contribution in [0.2, 0.25) is 0 Å². The molecule has 0 aromatic heterocycles. The number of nitro groups is 1. The lowest BCUT2D eigenvalue weighted by Gasteiger charge is -2.12. The van der Waals surface area contributed by atoms with Gasteiger partial charge in [0.2, 0.25) is 0 Å². The summed E-state index contributed by atoms with van der Waals surface area (Å²) in [5.41, 5.74) is 3.23. The van der Waals surface area contributed by atoms with Gasteiger partial charge in [-0.25, -0.2) is 0 Å². The minimum atomic E-state index is -0.429. The normalized spacial score (nSPS) is 10.3. The molecule has 0 aliphatic carbocycles. The SMILES string of the molecule is Cc1cc(C)c(Oc2cccc([N+](=O)[O-])c2)c(C)c1. The van der Waals surface area contributed by atoms with Crippen LogP contribution in [-0.4, -0.2) is 4.92 Å². The number of ether oxygens (including phenoxy) is 1. The van der Waals surface area contributed by atoms with E-state index in [4.69, 9.17) is 4.74 Å². The first-order valence-corrected chi connectivity index (χ1v) is 5.97. The standard InChI is InChI=1S/C15H15NO3/c1-10-7-11(2)15(12(3)8-10)19-14-6-4-5-13(9-14)16(17)18/h4-9H,1-3H3. The number of hydrogen-bond donors (Lipinski definition) is 0. The number of nitrogens with zero attached hydrogens (tertiary/aromatic N) is 1. The summed E-state index contributed by atoms with van der Waals surface area (Å²) in [6, 6.07) is 10.3. The maximum atomic E-state index is 10.7. The van der Waals surface area contributed by atoms with Gasteiger partial charge in [-0.15, -0.1) is 0 Å². The van der Waals surface area contributed by atoms with E-state index in [-0.39, 0.29) is 5.69 Å². The molecular formula is C15H15NO3. The fourth-order valence-electron chi connectivity index (χ4n) is 2.11. The highest BCUT2D eigenvalue weighted by molar-refractivity contribution is 5.47. The Morgan fingerprint density at radius 3 is 2.26 bits per heavy atom. The van der Waals surface area contributed by atoms with Crippen LogP contribution < -0.4 is 4.74 Å². The van der Waals surface area contributed by atoms with Gasteiger partial charge >= 0.3 is 0 Å². The minimum Gasteiger partial charge on any atom is -0.457 e. The number of hydrogen-bond acceptors (Lipinski definition) is 3. The van der Waals surface area contributed by atoms with E-state index in [1.807, 2.05) is 32.9 Å². The molecule has 0 saturated heterocycles. The van der Waals surface area contributed by atoms with Gasteiger partial charge in [-0.2, -0.15) is 0 Å². The van der Waals surface area contributed by atoms with Crippen LogP contribution in [0, 0.1) is 30.9 Å². The van der Waals surface area contributed by atoms with Gasteiger partial charge in [0.1, 0.15) is 11.5 Å². The highest BCUT2D eigenvalue weighted by Gasteiger charge is 2.10. The molecule has 0 aliphatic rings. The van der Waals surface area contributed by atoms with Gasteiger partial charge in [0.15, 0.2) is 0 Å². The Bertz CT molecular complexity index is 612. The summed E-state index contributed by atoms with van der Waals surface area (Å²) in [5, 5.41) is 10.7. The zero-order valence-electron chi connectivity index (χ0n) is 11.1. The van der Waals surface area contributed by atoms with Gasteiger partial charge in [-0.05, 0) is 38.0 Å². The van der Waals surface area contributed by atoms with E-state index in [1.165, 1.54) is 17.7 Å². The van der Waals surface area contributed by atoms with Crippen LogP contribution in [-0.2, 0) is 0 Å². The third-order valence-corrected chi connectivity index (χ3v) is 2.85. The maximum Gasteiger partial charge on any atom is 0.273 e. The van der Waals surface area contributed by atoms with Gasteiger partial charge in [0.25, 0.3) is 5.69 Å². The van der Waals surface area contributed by atoms with Gasteiger partial charge in [-0.3, -0.25) is 10.1 Å². The predicted molar refractivity (Wildman–Crippen MR) is 73.8 cm³/mol. The minimum absolute atomic E-state index is 0.0277. The molecule has 19 heavy (non-hydrogen) atoms. The van der Waals surface area contributed by atoms with E-state index in [1.54, 1.807) is 12.1 Å². The molecule has 0 unspecified atom stereocenters. The summed E-state index contributed by atoms with van der Waals surface area (Å²) in [4.78, 5) is 10.3. The van der Waals surface area contributed by atoms with Crippen LogP contribution in [0.25, 0.3) is 0 Å². The van der Waals surface area contributed by atoms with Crippen LogP contribution in [0.3, 0.4) is 0 Å². The number of aryl methyl sites for hydroxylation is 3. The molecule has 0 heterocycles. The molecule has 4 heteroatoms. The molecule has 0 amide bonds. The van der Waals surface area contributed by atoms with Crippen molar-refractivity contribution in [1.29, 1.82) is 0 Å². The Morgan fingerprint density at radius 1 is 1.05 bits per heavy atom. The van der Waals surface area contributed by atoms with Crippen molar-refractivity contribution in [2.75, 3.05) is 0 Å². The Hall–Kier alpha value is -2.36. The second kappa shape index (κ2) is 5.10. The molecule has 98 valence electrons. The fourth-order valence-corrected chi connectivity index (χ4v) is 2.11. The Kier molecular flexibility index (Phi) is 3.51. The quantitative estimate of drug-likeness (QED) is 0.608. The molecule has 2 rings (SSSR count). The van der Waals surface area contributed by atoms with Crippen LogP contribution >= 0.6 is 0 Å². The molecular weight excluding hydrogens is 242 g/mol. The topological polar surface area (TPSA) is 52.4 Å². The Balaban J connectivity index is 2.36. The highest BCUT2D eigenvalue weighted by atomic mass is 16.6. The van der Waals surface area contributed by atoms with Gasteiger partial charge in [-0.1, -0.05) is 23.8 Å². The first-order valence-electron chi connectivity index (χ1n) is 5.97.